The molecule has 0 spiro atoms. The molecule has 2 aromatic heterocycles. The van der Waals surface area contributed by atoms with Crippen LogP contribution in [0.4, 0.5) is 26.2 Å². The summed E-state index contributed by atoms with van der Waals surface area (Å²) < 4.78 is 32.0. The van der Waals surface area contributed by atoms with Crippen LogP contribution in [0.25, 0.3) is 5.69 Å². The third-order valence-corrected chi connectivity index (χ3v) is 6.57. The van der Waals surface area contributed by atoms with Crippen LogP contribution < -0.4 is 21.6 Å². The van der Waals surface area contributed by atoms with Gasteiger partial charge in [-0.25, -0.2) is 18.6 Å². The second kappa shape index (κ2) is 8.61. The average molecular weight is 500 g/mol. The fourth-order valence-electron chi connectivity index (χ4n) is 5.37. The molecule has 1 aromatic carbocycles. The highest BCUT2D eigenvalue weighted by atomic mass is 19.1. The van der Waals surface area contributed by atoms with Crippen LogP contribution in [0.5, 0.6) is 0 Å². The van der Waals surface area contributed by atoms with Crippen LogP contribution in [0.15, 0.2) is 23.1 Å². The van der Waals surface area contributed by atoms with Gasteiger partial charge in [-0.2, -0.15) is 14.3 Å². The molecule has 12 heteroatoms. The maximum Gasteiger partial charge on any atom is 0.368 e. The highest BCUT2D eigenvalue weighted by Gasteiger charge is 2.38. The molecule has 2 aliphatic rings. The van der Waals surface area contributed by atoms with Gasteiger partial charge in [-0.15, -0.1) is 0 Å². The molecule has 5 rings (SSSR count). The van der Waals surface area contributed by atoms with E-state index in [-0.39, 0.29) is 34.8 Å². The summed E-state index contributed by atoms with van der Waals surface area (Å²) >= 11 is 0. The van der Waals surface area contributed by atoms with Gasteiger partial charge < -0.3 is 16.0 Å². The molecule has 36 heavy (non-hydrogen) atoms. The largest absolute Gasteiger partial charge is 0.368 e. The number of tetrazole rings is 1. The molecule has 1 saturated heterocycles. The summed E-state index contributed by atoms with van der Waals surface area (Å²) in [4.78, 5) is 20.9. The third-order valence-electron chi connectivity index (χ3n) is 6.57. The summed E-state index contributed by atoms with van der Waals surface area (Å²) in [6.07, 6.45) is 4.33. The van der Waals surface area contributed by atoms with Crippen LogP contribution in [0.3, 0.4) is 0 Å². The fourth-order valence-corrected chi connectivity index (χ4v) is 5.37. The number of hydrogen-bond acceptors (Lipinski definition) is 8. The maximum atomic E-state index is 15.2. The van der Waals surface area contributed by atoms with Crippen LogP contribution >= 0.6 is 0 Å². The number of aromatic nitrogens is 6. The molecule has 1 aliphatic heterocycles. The van der Waals surface area contributed by atoms with E-state index < -0.39 is 17.3 Å². The molecule has 0 atom stereocenters. The molecule has 2 fully saturated rings. The van der Waals surface area contributed by atoms with Gasteiger partial charge in [0, 0.05) is 35.4 Å². The molecule has 0 unspecified atom stereocenters. The van der Waals surface area contributed by atoms with E-state index in [1.807, 2.05) is 0 Å². The van der Waals surface area contributed by atoms with Gasteiger partial charge in [0.1, 0.15) is 5.82 Å². The summed E-state index contributed by atoms with van der Waals surface area (Å²) in [5.74, 6) is -0.834. The van der Waals surface area contributed by atoms with Crippen LogP contribution in [0, 0.1) is 11.6 Å². The molecule has 3 N–H and O–H groups in total. The topological polar surface area (TPSA) is 115 Å². The van der Waals surface area contributed by atoms with Crippen molar-refractivity contribution < 1.29 is 8.78 Å². The average Bonchev–Trinajstić information content (AvgIpc) is 3.53. The van der Waals surface area contributed by atoms with Crippen molar-refractivity contribution in [1.82, 2.24) is 35.1 Å². The Morgan fingerprint density at radius 1 is 1.06 bits per heavy atom. The van der Waals surface area contributed by atoms with Gasteiger partial charge >= 0.3 is 5.69 Å². The zero-order valence-corrected chi connectivity index (χ0v) is 21.1. The van der Waals surface area contributed by atoms with Gasteiger partial charge in [0.15, 0.2) is 11.6 Å². The lowest BCUT2D eigenvalue weighted by Gasteiger charge is -2.46. The Bertz CT molecular complexity index is 1340. The van der Waals surface area contributed by atoms with E-state index in [9.17, 15) is 9.18 Å². The summed E-state index contributed by atoms with van der Waals surface area (Å²) in [6.45, 7) is 8.47. The molecule has 1 saturated carbocycles. The summed E-state index contributed by atoms with van der Waals surface area (Å²) in [7, 11) is 1.48. The molecular formula is C24H31F2N9O. The monoisotopic (exact) mass is 499 g/mol. The fraction of sp³-hybridized carbons (Fsp3) is 0.542. The lowest BCUT2D eigenvalue weighted by Crippen LogP contribution is -2.60. The molecule has 1 aliphatic carbocycles. The third kappa shape index (κ3) is 4.95. The highest BCUT2D eigenvalue weighted by molar-refractivity contribution is 5.62. The Labute approximate surface area is 207 Å². The van der Waals surface area contributed by atoms with Gasteiger partial charge in [-0.3, -0.25) is 0 Å². The molecule has 0 radical (unpaired) electrons. The maximum absolute atomic E-state index is 15.2. The van der Waals surface area contributed by atoms with Gasteiger partial charge in [0.05, 0.1) is 11.9 Å². The zero-order chi connectivity index (χ0) is 25.8. The lowest BCUT2D eigenvalue weighted by molar-refractivity contribution is 0.170. The van der Waals surface area contributed by atoms with Crippen molar-refractivity contribution >= 4 is 17.5 Å². The van der Waals surface area contributed by atoms with E-state index in [1.54, 1.807) is 6.07 Å². The lowest BCUT2D eigenvalue weighted by atomic mass is 9.79. The van der Waals surface area contributed by atoms with Crippen molar-refractivity contribution in [3.8, 4) is 5.69 Å². The second-order valence-corrected chi connectivity index (χ2v) is 11.1. The van der Waals surface area contributed by atoms with Crippen LogP contribution in [-0.4, -0.2) is 46.9 Å². The number of hydrogen-bond donors (Lipinski definition) is 3. The minimum absolute atomic E-state index is 0.00102. The van der Waals surface area contributed by atoms with Gasteiger partial charge in [0.2, 0.25) is 5.95 Å². The number of rotatable bonds is 6. The number of halogens is 2. The van der Waals surface area contributed by atoms with Crippen molar-refractivity contribution in [1.29, 1.82) is 0 Å². The highest BCUT2D eigenvalue weighted by Crippen LogP contribution is 2.44. The molecular weight excluding hydrogens is 468 g/mol. The van der Waals surface area contributed by atoms with Crippen molar-refractivity contribution in [3.63, 3.8) is 0 Å². The van der Waals surface area contributed by atoms with E-state index in [1.165, 1.54) is 13.1 Å². The van der Waals surface area contributed by atoms with E-state index in [4.69, 9.17) is 0 Å². The first kappa shape index (κ1) is 24.3. The van der Waals surface area contributed by atoms with E-state index in [0.29, 0.717) is 16.9 Å². The van der Waals surface area contributed by atoms with E-state index in [2.05, 4.69) is 64.0 Å². The van der Waals surface area contributed by atoms with Gasteiger partial charge in [-0.05, 0) is 81.9 Å². The molecule has 192 valence electrons. The second-order valence-electron chi connectivity index (χ2n) is 11.1. The molecule has 0 bridgehead atoms. The SMILES string of the molecule is Cn1nnn(-c2cc(Nc3ncc(F)c(NC4CC(C)(C)NC(C)(C)C4)n3)cc(F)c2C2CC2)c1=O. The molecule has 3 aromatic rings. The first-order chi connectivity index (χ1) is 16.9. The first-order valence-corrected chi connectivity index (χ1v) is 12.1. The minimum atomic E-state index is -0.572. The molecule has 3 heterocycles. The van der Waals surface area contributed by atoms with E-state index in [0.717, 1.165) is 41.2 Å². The standard InChI is InChI=1S/C24H31F2N9O/c1-23(2)10-15(11-24(3,4)31-23)28-20-17(26)12-27-21(30-20)29-14-8-16(25)19(13-6-7-13)18(9-14)35-22(36)34(5)32-33-35/h8-9,12-13,15,31H,6-7,10-11H2,1-5H3,(H2,27,28,29,30). The number of anilines is 3. The van der Waals surface area contributed by atoms with Crippen LogP contribution in [0.2, 0.25) is 0 Å². The van der Waals surface area contributed by atoms with Crippen molar-refractivity contribution in [3.05, 3.63) is 46.0 Å². The normalized spacial score (nSPS) is 19.3. The smallest absolute Gasteiger partial charge is 0.365 e. The van der Waals surface area contributed by atoms with E-state index >= 15 is 4.39 Å². The van der Waals surface area contributed by atoms with Gasteiger partial charge in [0.25, 0.3) is 0 Å². The Balaban J connectivity index is 1.44. The Hall–Kier alpha value is -3.41. The number of benzene rings is 1. The number of aryl methyl sites for hydroxylation is 1. The van der Waals surface area contributed by atoms with Crippen molar-refractivity contribution in [2.45, 2.75) is 76.4 Å². The van der Waals surface area contributed by atoms with Gasteiger partial charge in [-0.1, -0.05) is 0 Å². The van der Waals surface area contributed by atoms with Crippen molar-refractivity contribution in [2.75, 3.05) is 10.6 Å². The number of nitrogens with one attached hydrogen (secondary N) is 3. The Morgan fingerprint density at radius 2 is 1.75 bits per heavy atom. The first-order valence-electron chi connectivity index (χ1n) is 12.1. The summed E-state index contributed by atoms with van der Waals surface area (Å²) in [5.41, 5.74) is 0.329. The Kier molecular flexibility index (Phi) is 5.81. The summed E-state index contributed by atoms with van der Waals surface area (Å²) in [6, 6.07) is 2.94. The molecule has 10 nitrogen and oxygen atoms in total. The minimum Gasteiger partial charge on any atom is -0.365 e. The van der Waals surface area contributed by atoms with Crippen LogP contribution in [-0.2, 0) is 7.05 Å². The van der Waals surface area contributed by atoms with Crippen molar-refractivity contribution in [2.24, 2.45) is 7.05 Å². The van der Waals surface area contributed by atoms with Crippen LogP contribution in [0.1, 0.15) is 64.9 Å². The predicted molar refractivity (Wildman–Crippen MR) is 132 cm³/mol. The molecule has 0 amide bonds. The number of piperidine rings is 1. The quantitative estimate of drug-likeness (QED) is 0.473. The Morgan fingerprint density at radius 3 is 2.36 bits per heavy atom. The summed E-state index contributed by atoms with van der Waals surface area (Å²) in [5, 5.41) is 17.4. The zero-order valence-electron chi connectivity index (χ0n) is 21.1. The predicted octanol–water partition coefficient (Wildman–Crippen LogP) is 3.38. The number of nitrogens with zero attached hydrogens (tertiary/aromatic N) is 6.